The first-order valence-electron chi connectivity index (χ1n) is 8.03. The van der Waals surface area contributed by atoms with Gasteiger partial charge >= 0.3 is 11.8 Å². The maximum Gasteiger partial charge on any atom is 0.311 e. The van der Waals surface area contributed by atoms with Crippen molar-refractivity contribution in [3.63, 3.8) is 0 Å². The fourth-order valence-electron chi connectivity index (χ4n) is 2.56. The van der Waals surface area contributed by atoms with Crippen LogP contribution < -0.4 is 5.32 Å². The maximum absolute atomic E-state index is 12.0. The quantitative estimate of drug-likeness (QED) is 0.583. The second-order valence-electron chi connectivity index (χ2n) is 5.94. The standard InChI is InChI=1S/C15H27N3O2/c1-2-3-4-5-8-17-9-11-18(12-10-17)15(20)14(19)16-13-6-7-13/h13H,2-12H2,1H3,(H,16,19). The number of amides is 2. The highest BCUT2D eigenvalue weighted by atomic mass is 16.2. The molecule has 2 amide bonds. The van der Waals surface area contributed by atoms with Gasteiger partial charge < -0.3 is 10.2 Å². The van der Waals surface area contributed by atoms with Gasteiger partial charge in [-0.05, 0) is 25.8 Å². The Balaban J connectivity index is 1.62. The van der Waals surface area contributed by atoms with Gasteiger partial charge in [0.2, 0.25) is 0 Å². The molecule has 5 nitrogen and oxygen atoms in total. The van der Waals surface area contributed by atoms with Crippen LogP contribution in [0.2, 0.25) is 0 Å². The molecule has 114 valence electrons. The van der Waals surface area contributed by atoms with Gasteiger partial charge in [-0.15, -0.1) is 0 Å². The molecule has 0 radical (unpaired) electrons. The Labute approximate surface area is 121 Å². The lowest BCUT2D eigenvalue weighted by Crippen LogP contribution is -2.52. The summed E-state index contributed by atoms with van der Waals surface area (Å²) >= 11 is 0. The van der Waals surface area contributed by atoms with Crippen molar-refractivity contribution >= 4 is 11.8 Å². The zero-order chi connectivity index (χ0) is 14.4. The zero-order valence-electron chi connectivity index (χ0n) is 12.6. The molecule has 2 aliphatic rings. The summed E-state index contributed by atoms with van der Waals surface area (Å²) in [7, 11) is 0. The molecule has 2 rings (SSSR count). The van der Waals surface area contributed by atoms with Crippen molar-refractivity contribution in [1.82, 2.24) is 15.1 Å². The van der Waals surface area contributed by atoms with Crippen LogP contribution in [-0.2, 0) is 9.59 Å². The molecule has 1 aliphatic carbocycles. The third kappa shape index (κ3) is 4.78. The number of piperazine rings is 1. The molecular formula is C15H27N3O2. The van der Waals surface area contributed by atoms with E-state index in [0.717, 1.165) is 32.5 Å². The Morgan fingerprint density at radius 2 is 1.75 bits per heavy atom. The van der Waals surface area contributed by atoms with Gasteiger partial charge in [0.05, 0.1) is 0 Å². The molecule has 0 aromatic heterocycles. The summed E-state index contributed by atoms with van der Waals surface area (Å²) in [5.74, 6) is -0.758. The third-order valence-electron chi connectivity index (χ3n) is 4.09. The van der Waals surface area contributed by atoms with Gasteiger partial charge in [-0.3, -0.25) is 14.5 Å². The molecule has 1 saturated heterocycles. The molecule has 1 aliphatic heterocycles. The molecule has 0 bridgehead atoms. The largest absolute Gasteiger partial charge is 0.345 e. The van der Waals surface area contributed by atoms with Crippen LogP contribution in [-0.4, -0.2) is 60.4 Å². The van der Waals surface area contributed by atoms with Crippen molar-refractivity contribution in [2.75, 3.05) is 32.7 Å². The minimum atomic E-state index is -0.413. The van der Waals surface area contributed by atoms with Crippen LogP contribution in [0.15, 0.2) is 0 Å². The Morgan fingerprint density at radius 3 is 2.35 bits per heavy atom. The summed E-state index contributed by atoms with van der Waals surface area (Å²) in [4.78, 5) is 27.8. The average molecular weight is 281 g/mol. The van der Waals surface area contributed by atoms with Gasteiger partial charge in [-0.25, -0.2) is 0 Å². The minimum absolute atomic E-state index is 0.256. The van der Waals surface area contributed by atoms with E-state index in [4.69, 9.17) is 0 Å². The van der Waals surface area contributed by atoms with Crippen molar-refractivity contribution in [3.05, 3.63) is 0 Å². The number of nitrogens with one attached hydrogen (secondary N) is 1. The lowest BCUT2D eigenvalue weighted by molar-refractivity contribution is -0.147. The Morgan fingerprint density at radius 1 is 1.05 bits per heavy atom. The number of hydrogen-bond acceptors (Lipinski definition) is 3. The van der Waals surface area contributed by atoms with Crippen LogP contribution in [0.3, 0.4) is 0 Å². The average Bonchev–Trinajstić information content (AvgIpc) is 3.27. The van der Waals surface area contributed by atoms with E-state index in [1.807, 2.05) is 0 Å². The molecule has 0 unspecified atom stereocenters. The highest BCUT2D eigenvalue weighted by Crippen LogP contribution is 2.18. The fraction of sp³-hybridized carbons (Fsp3) is 0.867. The van der Waals surface area contributed by atoms with Crippen molar-refractivity contribution in [2.45, 2.75) is 51.5 Å². The molecule has 1 N–H and O–H groups in total. The number of unbranched alkanes of at least 4 members (excludes halogenated alkanes) is 3. The number of carbonyl (C=O) groups excluding carboxylic acids is 2. The zero-order valence-corrected chi connectivity index (χ0v) is 12.6. The van der Waals surface area contributed by atoms with E-state index >= 15 is 0 Å². The fourth-order valence-corrected chi connectivity index (χ4v) is 2.56. The number of nitrogens with zero attached hydrogens (tertiary/aromatic N) is 2. The predicted molar refractivity (Wildman–Crippen MR) is 78.3 cm³/mol. The van der Waals surface area contributed by atoms with Crippen LogP contribution in [0.1, 0.15) is 45.4 Å². The van der Waals surface area contributed by atoms with Gasteiger partial charge in [-0.2, -0.15) is 0 Å². The molecule has 0 aromatic carbocycles. The highest BCUT2D eigenvalue weighted by Gasteiger charge is 2.30. The topological polar surface area (TPSA) is 52.7 Å². The molecule has 0 aromatic rings. The molecule has 0 atom stereocenters. The Kier molecular flexibility index (Phi) is 5.83. The van der Waals surface area contributed by atoms with E-state index < -0.39 is 5.91 Å². The SMILES string of the molecule is CCCCCCN1CCN(C(=O)C(=O)NC2CC2)CC1. The first kappa shape index (κ1) is 15.3. The second kappa shape index (κ2) is 7.62. The van der Waals surface area contributed by atoms with Crippen molar-refractivity contribution in [1.29, 1.82) is 0 Å². The smallest absolute Gasteiger partial charge is 0.311 e. The first-order chi connectivity index (χ1) is 9.70. The number of carbonyl (C=O) groups is 2. The van der Waals surface area contributed by atoms with Crippen molar-refractivity contribution in [3.8, 4) is 0 Å². The molecule has 0 spiro atoms. The molecule has 1 heterocycles. The van der Waals surface area contributed by atoms with Gasteiger partial charge in [0, 0.05) is 32.2 Å². The van der Waals surface area contributed by atoms with Crippen LogP contribution in [0, 0.1) is 0 Å². The van der Waals surface area contributed by atoms with E-state index in [-0.39, 0.29) is 11.9 Å². The van der Waals surface area contributed by atoms with Crippen LogP contribution in [0.25, 0.3) is 0 Å². The second-order valence-corrected chi connectivity index (χ2v) is 5.94. The lowest BCUT2D eigenvalue weighted by atomic mass is 10.2. The molecule has 5 heteroatoms. The van der Waals surface area contributed by atoms with E-state index in [1.165, 1.54) is 25.7 Å². The van der Waals surface area contributed by atoms with Crippen LogP contribution in [0.4, 0.5) is 0 Å². The Bertz CT molecular complexity index is 334. The normalized spacial score (nSPS) is 19.9. The predicted octanol–water partition coefficient (Wildman–Crippen LogP) is 0.990. The van der Waals surface area contributed by atoms with Gasteiger partial charge in [0.15, 0.2) is 0 Å². The lowest BCUT2D eigenvalue weighted by Gasteiger charge is -2.34. The highest BCUT2D eigenvalue weighted by molar-refractivity contribution is 6.35. The minimum Gasteiger partial charge on any atom is -0.345 e. The van der Waals surface area contributed by atoms with Crippen LogP contribution in [0.5, 0.6) is 0 Å². The molecule has 20 heavy (non-hydrogen) atoms. The van der Waals surface area contributed by atoms with Gasteiger partial charge in [-0.1, -0.05) is 26.2 Å². The summed E-state index contributed by atoms with van der Waals surface area (Å²) in [5, 5.41) is 2.77. The van der Waals surface area contributed by atoms with Gasteiger partial charge in [0.25, 0.3) is 0 Å². The molecule has 1 saturated carbocycles. The van der Waals surface area contributed by atoms with E-state index in [9.17, 15) is 9.59 Å². The van der Waals surface area contributed by atoms with E-state index in [2.05, 4.69) is 17.1 Å². The summed E-state index contributed by atoms with van der Waals surface area (Å²) in [6.45, 7) is 6.51. The monoisotopic (exact) mass is 281 g/mol. The number of hydrogen-bond donors (Lipinski definition) is 1. The first-order valence-corrected chi connectivity index (χ1v) is 8.03. The van der Waals surface area contributed by atoms with E-state index in [1.54, 1.807) is 4.90 Å². The van der Waals surface area contributed by atoms with Crippen molar-refractivity contribution in [2.24, 2.45) is 0 Å². The molecular weight excluding hydrogens is 254 g/mol. The third-order valence-corrected chi connectivity index (χ3v) is 4.09. The van der Waals surface area contributed by atoms with E-state index in [0.29, 0.717) is 13.1 Å². The number of rotatable bonds is 6. The molecule has 2 fully saturated rings. The van der Waals surface area contributed by atoms with Gasteiger partial charge in [0.1, 0.15) is 0 Å². The summed E-state index contributed by atoms with van der Waals surface area (Å²) in [6.07, 6.45) is 7.14. The van der Waals surface area contributed by atoms with Crippen molar-refractivity contribution < 1.29 is 9.59 Å². The summed E-state index contributed by atoms with van der Waals surface area (Å²) in [6, 6.07) is 0.256. The summed E-state index contributed by atoms with van der Waals surface area (Å²) < 4.78 is 0. The maximum atomic E-state index is 12.0. The Hall–Kier alpha value is -1.10. The summed E-state index contributed by atoms with van der Waals surface area (Å²) in [5.41, 5.74) is 0. The van der Waals surface area contributed by atoms with Crippen LogP contribution >= 0.6 is 0 Å².